The second-order valence-electron chi connectivity index (χ2n) is 7.89. The van der Waals surface area contributed by atoms with Gasteiger partial charge in [-0.3, -0.25) is 0 Å². The molecule has 0 unspecified atom stereocenters. The molecule has 2 atom stereocenters. The van der Waals surface area contributed by atoms with Crippen LogP contribution in [0.1, 0.15) is 18.9 Å². The lowest BCUT2D eigenvalue weighted by molar-refractivity contribution is -0.286. The Kier molecular flexibility index (Phi) is 6.00. The third-order valence-corrected chi connectivity index (χ3v) is 8.60. The molecule has 180 valence electrons. The number of halogens is 2. The predicted octanol–water partition coefficient (Wildman–Crippen LogP) is 4.97. The molecule has 0 radical (unpaired) electrons. The summed E-state index contributed by atoms with van der Waals surface area (Å²) in [6.07, 6.45) is -4.80. The van der Waals surface area contributed by atoms with Crippen LogP contribution in [0.4, 0.5) is 13.6 Å². The molecule has 1 aliphatic heterocycles. The van der Waals surface area contributed by atoms with E-state index in [1.807, 2.05) is 37.3 Å². The lowest BCUT2D eigenvalue weighted by Crippen LogP contribution is -2.29. The number of alkyl halides is 2. The van der Waals surface area contributed by atoms with Gasteiger partial charge in [-0.25, -0.2) is 17.9 Å². The lowest BCUT2D eigenvalue weighted by Gasteiger charge is -2.12. The zero-order chi connectivity index (χ0) is 24.7. The number of nitrogens with one attached hydrogen (secondary N) is 1. The highest BCUT2D eigenvalue weighted by Gasteiger charge is 2.53. The summed E-state index contributed by atoms with van der Waals surface area (Å²) in [7, 11) is -3.70. The van der Waals surface area contributed by atoms with Gasteiger partial charge in [0.05, 0.1) is 0 Å². The first-order valence-corrected chi connectivity index (χ1v) is 12.2. The van der Waals surface area contributed by atoms with Crippen molar-refractivity contribution in [2.45, 2.75) is 35.3 Å². The number of thiophene rings is 1. The number of benzene rings is 2. The van der Waals surface area contributed by atoms with Crippen LogP contribution < -0.4 is 14.2 Å². The van der Waals surface area contributed by atoms with Crippen molar-refractivity contribution in [3.63, 3.8) is 0 Å². The quantitative estimate of drug-likeness (QED) is 0.442. The number of sulfonamides is 1. The maximum atomic E-state index is 13.2. The minimum Gasteiger partial charge on any atom is -0.450 e. The molecule has 0 spiro atoms. The van der Waals surface area contributed by atoms with Crippen LogP contribution >= 0.6 is 11.3 Å². The second-order valence-corrected chi connectivity index (χ2v) is 10.9. The maximum Gasteiger partial charge on any atom is 0.586 e. The summed E-state index contributed by atoms with van der Waals surface area (Å²) in [5.74, 6) is -0.131. The van der Waals surface area contributed by atoms with Crippen LogP contribution in [-0.2, 0) is 15.4 Å². The topological polar surface area (TPSA) is 122 Å². The summed E-state index contributed by atoms with van der Waals surface area (Å²) in [6, 6.07) is 17.2. The van der Waals surface area contributed by atoms with E-state index in [0.29, 0.717) is 10.4 Å². The zero-order valence-corrected chi connectivity index (χ0v) is 19.2. The van der Waals surface area contributed by atoms with Crippen molar-refractivity contribution < 1.29 is 41.7 Å². The predicted molar refractivity (Wildman–Crippen MR) is 119 cm³/mol. The van der Waals surface area contributed by atoms with E-state index in [1.54, 1.807) is 12.1 Å². The molecule has 0 saturated heterocycles. The van der Waals surface area contributed by atoms with Crippen LogP contribution in [0.25, 0.3) is 10.4 Å². The van der Waals surface area contributed by atoms with Crippen LogP contribution in [0, 0.1) is 0 Å². The van der Waals surface area contributed by atoms with E-state index in [1.165, 1.54) is 18.2 Å². The third kappa shape index (κ3) is 4.98. The Morgan fingerprint density at radius 3 is 2.38 bits per heavy atom. The van der Waals surface area contributed by atoms with E-state index in [4.69, 9.17) is 15.0 Å². The molecule has 3 aromatic rings. The van der Waals surface area contributed by atoms with Gasteiger partial charge in [-0.15, -0.1) is 20.1 Å². The molecule has 12 heteroatoms. The molecule has 2 aromatic carbocycles. The highest BCUT2D eigenvalue weighted by Crippen LogP contribution is 2.49. The number of carbonyl (C=O) groups is 1. The Labute approximate surface area is 197 Å². The monoisotopic (exact) mass is 511 g/mol. The van der Waals surface area contributed by atoms with Gasteiger partial charge in [-0.2, -0.15) is 0 Å². The molecular formula is C22H19F2NO7S2. The van der Waals surface area contributed by atoms with Crippen LogP contribution in [0.15, 0.2) is 64.9 Å². The summed E-state index contributed by atoms with van der Waals surface area (Å²) < 4.78 is 64.0. The van der Waals surface area contributed by atoms with Crippen LogP contribution in [0.5, 0.6) is 11.5 Å². The van der Waals surface area contributed by atoms with Gasteiger partial charge in [0, 0.05) is 16.3 Å². The second kappa shape index (κ2) is 8.53. The molecule has 1 aliphatic carbocycles. The Bertz CT molecular complexity index is 1320. The first-order valence-electron chi connectivity index (χ1n) is 9.89. The Hall–Kier alpha value is -3.22. The van der Waals surface area contributed by atoms with Gasteiger partial charge in [-0.1, -0.05) is 37.3 Å². The van der Waals surface area contributed by atoms with Gasteiger partial charge in [0.25, 0.3) is 0 Å². The van der Waals surface area contributed by atoms with Crippen LogP contribution in [0.2, 0.25) is 0 Å². The minimum atomic E-state index is -3.70. The van der Waals surface area contributed by atoms with Crippen molar-refractivity contribution in [3.8, 4) is 21.9 Å². The molecule has 1 fully saturated rings. The van der Waals surface area contributed by atoms with Crippen molar-refractivity contribution in [3.05, 3.63) is 66.2 Å². The average molecular weight is 512 g/mol. The molecule has 8 nitrogen and oxygen atoms in total. The molecule has 2 aliphatic rings. The average Bonchev–Trinajstić information content (AvgIpc) is 3.10. The molecule has 0 amide bonds. The molecule has 5 rings (SSSR count). The summed E-state index contributed by atoms with van der Waals surface area (Å²) in [5, 5.41) is 13.9. The van der Waals surface area contributed by atoms with Gasteiger partial charge >= 0.3 is 12.5 Å². The van der Waals surface area contributed by atoms with Gasteiger partial charge < -0.3 is 19.7 Å². The van der Waals surface area contributed by atoms with Gasteiger partial charge in [-0.05, 0) is 47.9 Å². The molecule has 0 bridgehead atoms. The van der Waals surface area contributed by atoms with E-state index in [0.717, 1.165) is 23.3 Å². The number of fused-ring (bicyclic) bond motifs is 1. The van der Waals surface area contributed by atoms with E-state index in [2.05, 4.69) is 14.2 Å². The van der Waals surface area contributed by atoms with Crippen LogP contribution in [0.3, 0.4) is 0 Å². The largest absolute Gasteiger partial charge is 0.586 e. The Morgan fingerprint density at radius 2 is 1.71 bits per heavy atom. The molecule has 1 saturated carbocycles. The fourth-order valence-electron chi connectivity index (χ4n) is 3.64. The summed E-state index contributed by atoms with van der Waals surface area (Å²) in [5.41, 5.74) is 1.44. The number of hydrogen-bond acceptors (Lipinski definition) is 6. The Balaban J connectivity index is 0.000000636. The smallest absolute Gasteiger partial charge is 0.450 e. The highest BCUT2D eigenvalue weighted by molar-refractivity contribution is 7.91. The van der Waals surface area contributed by atoms with Crippen molar-refractivity contribution in [2.24, 2.45) is 0 Å². The molecule has 34 heavy (non-hydrogen) atoms. The summed E-state index contributed by atoms with van der Waals surface area (Å²) >= 11 is 1.07. The maximum absolute atomic E-state index is 13.2. The first kappa shape index (κ1) is 23.9. The molecular weight excluding hydrogens is 492 g/mol. The lowest BCUT2D eigenvalue weighted by atomic mass is 9.98. The summed E-state index contributed by atoms with van der Waals surface area (Å²) in [6.45, 7) is 2.04. The van der Waals surface area contributed by atoms with Crippen molar-refractivity contribution in [1.82, 2.24) is 4.72 Å². The number of ether oxygens (including phenoxy) is 2. The van der Waals surface area contributed by atoms with Crippen molar-refractivity contribution >= 4 is 27.5 Å². The van der Waals surface area contributed by atoms with E-state index < -0.39 is 22.5 Å². The van der Waals surface area contributed by atoms with E-state index >= 15 is 0 Å². The van der Waals surface area contributed by atoms with Gasteiger partial charge in [0.1, 0.15) is 4.21 Å². The van der Waals surface area contributed by atoms with E-state index in [9.17, 15) is 17.2 Å². The highest BCUT2D eigenvalue weighted by atomic mass is 32.2. The Morgan fingerprint density at radius 1 is 1.06 bits per heavy atom. The fourth-order valence-corrected chi connectivity index (χ4v) is 6.31. The van der Waals surface area contributed by atoms with Crippen molar-refractivity contribution in [1.29, 1.82) is 0 Å². The van der Waals surface area contributed by atoms with E-state index in [-0.39, 0.29) is 27.2 Å². The normalized spacial score (nSPS) is 21.9. The molecule has 2 heterocycles. The summed E-state index contributed by atoms with van der Waals surface area (Å²) in [4.78, 5) is 9.18. The standard InChI is InChI=1S/C21H17F2NO4S2.CH2O3/c1-20(14-5-3-2-4-6-14)12-18(20)24-30(25,26)19-10-9-17(29-19)13-7-8-15-16(11-13)28-21(22,23)27-15;2-1(3)4/h2-11,18,24H,12H2,1H3;(H2,2,3,4)/t18-,20+;/m0./s1. The fraction of sp³-hybridized carbons (Fsp3) is 0.227. The molecule has 1 aromatic heterocycles. The number of carboxylic acid groups (broad SMARTS) is 2. The zero-order valence-electron chi connectivity index (χ0n) is 17.6. The number of hydrogen-bond donors (Lipinski definition) is 3. The SMILES string of the molecule is C[C@]1(c2ccccc2)C[C@@H]1NS(=O)(=O)c1ccc(-c2ccc3c(c2)OC(F)(F)O3)s1.O=C(O)O. The van der Waals surface area contributed by atoms with Crippen molar-refractivity contribution in [2.75, 3.05) is 0 Å². The molecule has 3 N–H and O–H groups in total. The van der Waals surface area contributed by atoms with Gasteiger partial charge in [0.2, 0.25) is 10.0 Å². The first-order chi connectivity index (χ1) is 15.9. The number of rotatable bonds is 5. The van der Waals surface area contributed by atoms with Crippen LogP contribution in [-0.4, -0.2) is 37.1 Å². The minimum absolute atomic E-state index is 0.0521. The third-order valence-electron chi connectivity index (χ3n) is 5.50. The van der Waals surface area contributed by atoms with Gasteiger partial charge in [0.15, 0.2) is 11.5 Å².